The molecule has 0 aromatic heterocycles. The Morgan fingerprint density at radius 2 is 1.44 bits per heavy atom. The topological polar surface area (TPSA) is 85.2 Å². The molecule has 0 aromatic carbocycles. The first kappa shape index (κ1) is 19.4. The lowest BCUT2D eigenvalue weighted by atomic mass is 10.4. The van der Waals surface area contributed by atoms with Crippen molar-refractivity contribution in [3.05, 3.63) is 12.2 Å². The van der Waals surface area contributed by atoms with Gasteiger partial charge in [-0.2, -0.15) is 0 Å². The van der Waals surface area contributed by atoms with E-state index in [1.807, 2.05) is 6.92 Å². The Labute approximate surface area is 108 Å². The first-order valence-electron chi connectivity index (χ1n) is 5.79. The third-order valence-corrected chi connectivity index (χ3v) is 1.55. The minimum absolute atomic E-state index is 0.0684. The van der Waals surface area contributed by atoms with Crippen molar-refractivity contribution < 1.29 is 29.2 Å². The maximum absolute atomic E-state index is 9.60. The van der Waals surface area contributed by atoms with Crippen LogP contribution in [0.3, 0.4) is 0 Å². The van der Waals surface area contributed by atoms with E-state index in [0.29, 0.717) is 33.0 Å². The molecule has 0 aliphatic rings. The van der Waals surface area contributed by atoms with Gasteiger partial charge in [0.2, 0.25) is 0 Å². The molecule has 6 heteroatoms. The summed E-state index contributed by atoms with van der Waals surface area (Å²) in [6.07, 6.45) is 0. The molecule has 0 saturated carbocycles. The fraction of sp³-hybridized carbons (Fsp3) is 0.750. The second kappa shape index (κ2) is 16.1. The first-order valence-corrected chi connectivity index (χ1v) is 5.79. The maximum atomic E-state index is 9.60. The van der Waals surface area contributed by atoms with Crippen molar-refractivity contribution in [3.8, 4) is 0 Å². The lowest BCUT2D eigenvalue weighted by molar-refractivity contribution is -0.132. The Morgan fingerprint density at radius 1 is 1.06 bits per heavy atom. The Kier molecular flexibility index (Phi) is 17.3. The van der Waals surface area contributed by atoms with Gasteiger partial charge in [-0.05, 0) is 13.8 Å². The molecule has 0 aliphatic carbocycles. The maximum Gasteiger partial charge on any atom is 0.330 e. The van der Waals surface area contributed by atoms with Crippen molar-refractivity contribution in [2.75, 3.05) is 46.2 Å². The minimum Gasteiger partial charge on any atom is -0.478 e. The van der Waals surface area contributed by atoms with E-state index in [9.17, 15) is 4.79 Å². The normalized spacial score (nSPS) is 9.50. The monoisotopic (exact) mass is 264 g/mol. The van der Waals surface area contributed by atoms with Gasteiger partial charge in [0, 0.05) is 12.2 Å². The van der Waals surface area contributed by atoms with E-state index >= 15 is 0 Å². The Balaban J connectivity index is 0. The van der Waals surface area contributed by atoms with Gasteiger partial charge in [0.15, 0.2) is 0 Å². The van der Waals surface area contributed by atoms with Gasteiger partial charge in [-0.1, -0.05) is 6.58 Å². The van der Waals surface area contributed by atoms with Crippen LogP contribution in [0.1, 0.15) is 13.8 Å². The third-order valence-electron chi connectivity index (χ3n) is 1.55. The van der Waals surface area contributed by atoms with E-state index in [1.54, 1.807) is 0 Å². The van der Waals surface area contributed by atoms with Crippen LogP contribution in [0.5, 0.6) is 0 Å². The van der Waals surface area contributed by atoms with Crippen molar-refractivity contribution in [2.24, 2.45) is 0 Å². The number of hydrogen-bond donors (Lipinski definition) is 2. The molecule has 6 nitrogen and oxygen atoms in total. The summed E-state index contributed by atoms with van der Waals surface area (Å²) in [6, 6.07) is 0. The predicted molar refractivity (Wildman–Crippen MR) is 67.7 cm³/mol. The molecule has 0 heterocycles. The Bertz CT molecular complexity index is 183. The Hall–Kier alpha value is -0.950. The van der Waals surface area contributed by atoms with E-state index in [4.69, 9.17) is 24.4 Å². The van der Waals surface area contributed by atoms with E-state index in [1.165, 1.54) is 6.92 Å². The molecule has 0 aliphatic heterocycles. The molecule has 0 atom stereocenters. The number of hydrogen-bond acceptors (Lipinski definition) is 5. The highest BCUT2D eigenvalue weighted by Gasteiger charge is 1.90. The smallest absolute Gasteiger partial charge is 0.330 e. The van der Waals surface area contributed by atoms with Crippen LogP contribution in [-0.2, 0) is 19.0 Å². The summed E-state index contributed by atoms with van der Waals surface area (Å²) in [5.41, 5.74) is 0.176. The molecule has 0 aromatic rings. The standard InChI is InChI=1S/C8H18O4.C4H6O2/c1-2-10-5-6-12-8-7-11-4-3-9;1-3(2)4(5)6/h9H,2-8H2,1H3;1H2,2H3,(H,5,6). The van der Waals surface area contributed by atoms with Crippen molar-refractivity contribution in [2.45, 2.75) is 13.8 Å². The summed E-state index contributed by atoms with van der Waals surface area (Å²) in [6.45, 7) is 10.1. The molecule has 0 amide bonds. The quantitative estimate of drug-likeness (QED) is 0.446. The second-order valence-electron chi connectivity index (χ2n) is 3.23. The summed E-state index contributed by atoms with van der Waals surface area (Å²) < 4.78 is 15.2. The highest BCUT2D eigenvalue weighted by Crippen LogP contribution is 1.81. The number of carbonyl (C=O) groups is 1. The average Bonchev–Trinajstić information content (AvgIpc) is 2.33. The van der Waals surface area contributed by atoms with Crippen molar-refractivity contribution in [1.82, 2.24) is 0 Å². The lowest BCUT2D eigenvalue weighted by Crippen LogP contribution is -2.10. The van der Waals surface area contributed by atoms with Gasteiger partial charge in [0.25, 0.3) is 0 Å². The van der Waals surface area contributed by atoms with E-state index in [0.717, 1.165) is 6.61 Å². The summed E-state index contributed by atoms with van der Waals surface area (Å²) in [4.78, 5) is 9.60. The largest absolute Gasteiger partial charge is 0.478 e. The molecule has 2 N–H and O–H groups in total. The van der Waals surface area contributed by atoms with Gasteiger partial charge in [0.05, 0.1) is 39.6 Å². The summed E-state index contributed by atoms with van der Waals surface area (Å²) in [5.74, 6) is -0.935. The van der Waals surface area contributed by atoms with Gasteiger partial charge < -0.3 is 24.4 Å². The number of aliphatic hydroxyl groups is 1. The molecular weight excluding hydrogens is 240 g/mol. The molecule has 0 radical (unpaired) electrons. The fourth-order valence-corrected chi connectivity index (χ4v) is 0.649. The zero-order chi connectivity index (χ0) is 14.2. The molecule has 0 spiro atoms. The van der Waals surface area contributed by atoms with Gasteiger partial charge in [0.1, 0.15) is 0 Å². The van der Waals surface area contributed by atoms with Crippen LogP contribution < -0.4 is 0 Å². The van der Waals surface area contributed by atoms with Crippen molar-refractivity contribution in [1.29, 1.82) is 0 Å². The third kappa shape index (κ3) is 20.5. The number of carboxylic acid groups (broad SMARTS) is 1. The molecule has 0 fully saturated rings. The predicted octanol–water partition coefficient (Wildman–Crippen LogP) is 0.696. The zero-order valence-electron chi connectivity index (χ0n) is 11.2. The minimum atomic E-state index is -0.935. The van der Waals surface area contributed by atoms with Crippen LogP contribution in [0.4, 0.5) is 0 Å². The van der Waals surface area contributed by atoms with Crippen molar-refractivity contribution in [3.63, 3.8) is 0 Å². The van der Waals surface area contributed by atoms with E-state index < -0.39 is 5.97 Å². The van der Waals surface area contributed by atoms with Crippen LogP contribution in [0.25, 0.3) is 0 Å². The fourth-order valence-electron chi connectivity index (χ4n) is 0.649. The van der Waals surface area contributed by atoms with E-state index in [-0.39, 0.29) is 12.2 Å². The Morgan fingerprint density at radius 3 is 1.78 bits per heavy atom. The lowest BCUT2D eigenvalue weighted by Gasteiger charge is -2.04. The first-order chi connectivity index (χ1) is 8.56. The summed E-state index contributed by atoms with van der Waals surface area (Å²) >= 11 is 0. The van der Waals surface area contributed by atoms with Crippen LogP contribution >= 0.6 is 0 Å². The number of ether oxygens (including phenoxy) is 3. The van der Waals surface area contributed by atoms with Gasteiger partial charge >= 0.3 is 5.97 Å². The molecule has 0 unspecified atom stereocenters. The number of carboxylic acids is 1. The van der Waals surface area contributed by atoms with Crippen LogP contribution in [-0.4, -0.2) is 62.4 Å². The second-order valence-corrected chi connectivity index (χ2v) is 3.23. The van der Waals surface area contributed by atoms with Gasteiger partial charge in [-0.25, -0.2) is 4.79 Å². The summed E-state index contributed by atoms with van der Waals surface area (Å²) in [5, 5.41) is 16.2. The van der Waals surface area contributed by atoms with Crippen LogP contribution in [0.15, 0.2) is 12.2 Å². The van der Waals surface area contributed by atoms with Crippen LogP contribution in [0, 0.1) is 0 Å². The van der Waals surface area contributed by atoms with Gasteiger partial charge in [-0.3, -0.25) is 0 Å². The average molecular weight is 264 g/mol. The van der Waals surface area contributed by atoms with Crippen LogP contribution in [0.2, 0.25) is 0 Å². The van der Waals surface area contributed by atoms with Crippen molar-refractivity contribution >= 4 is 5.97 Å². The van der Waals surface area contributed by atoms with Gasteiger partial charge in [-0.15, -0.1) is 0 Å². The number of rotatable bonds is 10. The van der Waals surface area contributed by atoms with E-state index in [2.05, 4.69) is 6.58 Å². The molecule has 18 heavy (non-hydrogen) atoms. The molecule has 0 saturated heterocycles. The number of aliphatic hydroxyl groups excluding tert-OH is 1. The molecule has 0 rings (SSSR count). The molecule has 0 bridgehead atoms. The molecule has 108 valence electrons. The highest BCUT2D eigenvalue weighted by molar-refractivity contribution is 5.84. The number of aliphatic carboxylic acids is 1. The summed E-state index contributed by atoms with van der Waals surface area (Å²) in [7, 11) is 0. The highest BCUT2D eigenvalue weighted by atomic mass is 16.5. The molecular formula is C12H24O6. The SMILES string of the molecule is C=C(C)C(=O)O.CCOCCOCCOCCO. The zero-order valence-corrected chi connectivity index (χ0v) is 11.2.